The molecular formula is C23H40N4O16P2S. The monoisotopic (exact) mass is 722 g/mol. The minimum atomic E-state index is -5.52. The maximum atomic E-state index is 13.6. The summed E-state index contributed by atoms with van der Waals surface area (Å²) in [4.78, 5) is 89.1. The Morgan fingerprint density at radius 3 is 2.33 bits per heavy atom. The van der Waals surface area contributed by atoms with Gasteiger partial charge < -0.3 is 66.3 Å². The molecule has 0 saturated carbocycles. The van der Waals surface area contributed by atoms with Crippen molar-refractivity contribution in [3.05, 3.63) is 0 Å². The number of amides is 4. The van der Waals surface area contributed by atoms with E-state index >= 15 is 0 Å². The van der Waals surface area contributed by atoms with Gasteiger partial charge in [-0.3, -0.25) is 18.9 Å². The second-order valence-electron chi connectivity index (χ2n) is 10.9. The first kappa shape index (κ1) is 40.0. The number of hydrogen-bond acceptors (Lipinski definition) is 13. The van der Waals surface area contributed by atoms with Gasteiger partial charge in [-0.1, -0.05) is 6.42 Å². The van der Waals surface area contributed by atoms with E-state index < -0.39 is 112 Å². The first-order valence-electron chi connectivity index (χ1n) is 14.1. The van der Waals surface area contributed by atoms with Gasteiger partial charge in [0.2, 0.25) is 11.8 Å². The number of carboxylic acid groups (broad SMARTS) is 1. The fraction of sp³-hybridized carbons (Fsp3) is 0.783. The molecule has 0 aliphatic carbocycles. The van der Waals surface area contributed by atoms with Gasteiger partial charge in [-0.2, -0.15) is 0 Å². The molecule has 0 bridgehead atoms. The lowest BCUT2D eigenvalue weighted by Gasteiger charge is -2.33. The van der Waals surface area contributed by atoms with Gasteiger partial charge >= 0.3 is 27.4 Å². The molecule has 4 amide bonds. The Balaban J connectivity index is 2.14. The number of unbranched alkanes of at least 4 members (excludes halogenated alkanes) is 1. The highest BCUT2D eigenvalue weighted by Gasteiger charge is 2.57. The second-order valence-corrected chi connectivity index (χ2v) is 15.7. The zero-order valence-electron chi connectivity index (χ0n) is 24.3. The molecule has 2 rings (SSSR count). The van der Waals surface area contributed by atoms with Gasteiger partial charge in [-0.15, -0.1) is 11.8 Å². The Bertz CT molecular complexity index is 1210. The lowest BCUT2D eigenvalue weighted by molar-refractivity contribution is -0.137. The van der Waals surface area contributed by atoms with E-state index in [1.165, 1.54) is 11.8 Å². The number of rotatable bonds is 21. The van der Waals surface area contributed by atoms with E-state index in [1.54, 1.807) is 0 Å². The van der Waals surface area contributed by atoms with Gasteiger partial charge in [0.15, 0.2) is 0 Å². The highest BCUT2D eigenvalue weighted by atomic mass is 32.2. The molecule has 46 heavy (non-hydrogen) atoms. The second kappa shape index (κ2) is 17.3. The first-order chi connectivity index (χ1) is 21.4. The summed E-state index contributed by atoms with van der Waals surface area (Å²) < 4.78 is 27.1. The van der Waals surface area contributed by atoms with Crippen LogP contribution in [0.5, 0.6) is 0 Å². The van der Waals surface area contributed by atoms with Crippen molar-refractivity contribution in [2.45, 2.75) is 91.8 Å². The van der Waals surface area contributed by atoms with Crippen LogP contribution in [0.4, 0.5) is 4.79 Å². The molecule has 0 aromatic heterocycles. The average molecular weight is 723 g/mol. The maximum Gasteiger partial charge on any atom is 0.476 e. The molecule has 0 radical (unpaired) electrons. The fourth-order valence-electron chi connectivity index (χ4n) is 5.12. The molecule has 12 N–H and O–H groups in total. The van der Waals surface area contributed by atoms with Crippen molar-refractivity contribution in [3.63, 3.8) is 0 Å². The van der Waals surface area contributed by atoms with E-state index in [0.717, 1.165) is 0 Å². The molecule has 2 aliphatic heterocycles. The number of carbonyl (C=O) groups is 5. The smallest absolute Gasteiger partial charge is 0.476 e. The molecule has 0 spiro atoms. The zero-order chi connectivity index (χ0) is 34.9. The predicted octanol–water partition coefficient (Wildman–Crippen LogP) is -3.12. The number of aldehydes is 1. The van der Waals surface area contributed by atoms with Crippen LogP contribution in [0.15, 0.2) is 0 Å². The standard InChI is InChI=1S/C23H40N4O16P2S/c28-9-13(18(34)19(35)15(30)10-29)25-16(31)5-3-4-12(44(38,39)43-45(40,41)42)8-24-21(36)23(7-2-1-6-17(32)33)20-14(11-46-23)26-22(37)27-20/h9,12-15,18-20,29-30,34-35H,1-8,10-11H2,(H,24,36)(H,25,31)(H,32,33)(H,38,39)(H2,26,27,37)(H2,40,41,42)/t12?,13-,14-,15+,18+,19-,20-,23-/m0/s1. The number of aliphatic hydroxyl groups is 4. The molecule has 264 valence electrons. The van der Waals surface area contributed by atoms with Gasteiger partial charge in [-0.25, -0.2) is 13.7 Å². The molecule has 0 aromatic rings. The van der Waals surface area contributed by atoms with Crippen molar-refractivity contribution in [3.8, 4) is 0 Å². The number of thioether (sulfide) groups is 1. The third-order valence-corrected chi connectivity index (χ3v) is 12.3. The Morgan fingerprint density at radius 2 is 1.74 bits per heavy atom. The molecule has 2 fully saturated rings. The van der Waals surface area contributed by atoms with Gasteiger partial charge in [0.1, 0.15) is 35.4 Å². The lowest BCUT2D eigenvalue weighted by atomic mass is 9.88. The van der Waals surface area contributed by atoms with E-state index in [4.69, 9.17) is 10.2 Å². The first-order valence-corrected chi connectivity index (χ1v) is 18.2. The number of carbonyl (C=O) groups excluding carboxylic acids is 4. The predicted molar refractivity (Wildman–Crippen MR) is 157 cm³/mol. The van der Waals surface area contributed by atoms with Crippen LogP contribution in [0.3, 0.4) is 0 Å². The van der Waals surface area contributed by atoms with Gasteiger partial charge in [0, 0.05) is 25.1 Å². The number of nitrogens with one attached hydrogen (secondary N) is 4. The number of hydrogen-bond donors (Lipinski definition) is 12. The Kier molecular flexibility index (Phi) is 15.0. The number of urea groups is 1. The number of phosphoric acid groups is 1. The van der Waals surface area contributed by atoms with Crippen LogP contribution < -0.4 is 21.3 Å². The topological polar surface area (TPSA) is 339 Å². The van der Waals surface area contributed by atoms with Crippen molar-refractivity contribution in [1.82, 2.24) is 21.3 Å². The quantitative estimate of drug-likeness (QED) is 0.0241. The van der Waals surface area contributed by atoms with Gasteiger partial charge in [0.05, 0.1) is 24.3 Å². The van der Waals surface area contributed by atoms with Crippen molar-refractivity contribution in [1.29, 1.82) is 0 Å². The lowest BCUT2D eigenvalue weighted by Crippen LogP contribution is -2.56. The Hall–Kier alpha value is -2.16. The average Bonchev–Trinajstić information content (AvgIpc) is 3.50. The third-order valence-electron chi connectivity index (χ3n) is 7.50. The number of aliphatic hydroxyl groups excluding tert-OH is 4. The summed E-state index contributed by atoms with van der Waals surface area (Å²) in [6.45, 7) is -1.63. The third kappa shape index (κ3) is 11.2. The minimum Gasteiger partial charge on any atom is -0.481 e. The maximum absolute atomic E-state index is 13.6. The van der Waals surface area contributed by atoms with Crippen LogP contribution in [0.1, 0.15) is 44.9 Å². The number of fused-ring (bicyclic) bond motifs is 1. The molecule has 9 atom stereocenters. The van der Waals surface area contributed by atoms with Crippen molar-refractivity contribution < 1.29 is 77.6 Å². The summed E-state index contributed by atoms with van der Waals surface area (Å²) in [5.41, 5.74) is -1.67. The van der Waals surface area contributed by atoms with Crippen molar-refractivity contribution in [2.75, 3.05) is 18.9 Å². The van der Waals surface area contributed by atoms with E-state index in [9.17, 15) is 63.1 Å². The molecule has 2 heterocycles. The van der Waals surface area contributed by atoms with Crippen LogP contribution in [0.2, 0.25) is 0 Å². The highest BCUT2D eigenvalue weighted by molar-refractivity contribution is 8.01. The van der Waals surface area contributed by atoms with Crippen molar-refractivity contribution in [2.24, 2.45) is 0 Å². The van der Waals surface area contributed by atoms with E-state index in [0.29, 0.717) is 5.75 Å². The van der Waals surface area contributed by atoms with E-state index in [-0.39, 0.29) is 38.4 Å². The van der Waals surface area contributed by atoms with Crippen LogP contribution in [-0.4, -0.2) is 136 Å². The summed E-state index contributed by atoms with van der Waals surface area (Å²) >= 11 is 1.18. The fourth-order valence-corrected chi connectivity index (χ4v) is 9.35. The summed E-state index contributed by atoms with van der Waals surface area (Å²) in [5.74, 6) is -2.33. The van der Waals surface area contributed by atoms with Gasteiger partial charge in [0.25, 0.3) is 0 Å². The molecule has 2 saturated heterocycles. The summed E-state index contributed by atoms with van der Waals surface area (Å²) in [6.07, 6.45) is -6.51. The van der Waals surface area contributed by atoms with E-state index in [1.807, 2.05) is 0 Å². The molecule has 23 heteroatoms. The zero-order valence-corrected chi connectivity index (χ0v) is 26.9. The Labute approximate surface area is 266 Å². The van der Waals surface area contributed by atoms with Crippen LogP contribution in [0, 0.1) is 0 Å². The molecule has 2 unspecified atom stereocenters. The van der Waals surface area contributed by atoms with E-state index in [2.05, 4.69) is 25.6 Å². The molecule has 20 nitrogen and oxygen atoms in total. The summed E-state index contributed by atoms with van der Waals surface area (Å²) in [7, 11) is -10.7. The highest BCUT2D eigenvalue weighted by Crippen LogP contribution is 2.60. The van der Waals surface area contributed by atoms with Gasteiger partial charge in [-0.05, 0) is 25.7 Å². The Morgan fingerprint density at radius 1 is 1.07 bits per heavy atom. The largest absolute Gasteiger partial charge is 0.481 e. The minimum absolute atomic E-state index is 0.0649. The number of carboxylic acids is 1. The summed E-state index contributed by atoms with van der Waals surface area (Å²) in [5, 5.41) is 57.0. The number of aliphatic carboxylic acids is 1. The van der Waals surface area contributed by atoms with Crippen LogP contribution in [0.25, 0.3) is 0 Å². The summed E-state index contributed by atoms with van der Waals surface area (Å²) in [6, 6.07) is -3.40. The normalized spacial score (nSPS) is 25.5. The SMILES string of the molecule is O=C[C@H](NC(=O)CCCC(CNC(=O)[C@@]1(CCCCC(=O)O)SC[C@@H]2NC(=O)N[C@@H]21)P(=O)(O)OP(=O)(O)O)[C@@H](O)[C@@H](O)[C@H](O)CO. The van der Waals surface area contributed by atoms with Crippen LogP contribution >= 0.6 is 27.2 Å². The van der Waals surface area contributed by atoms with Crippen molar-refractivity contribution >= 4 is 57.3 Å². The molecule has 0 aromatic carbocycles. The van der Waals surface area contributed by atoms with Crippen LogP contribution in [-0.2, 0) is 32.6 Å². The molecular weight excluding hydrogens is 682 g/mol. The molecule has 2 aliphatic rings.